The molecule has 24 heavy (non-hydrogen) atoms. The van der Waals surface area contributed by atoms with Crippen molar-refractivity contribution in [3.05, 3.63) is 59.2 Å². The Kier molecular flexibility index (Phi) is 7.19. The lowest BCUT2D eigenvalue weighted by atomic mass is 10.1. The minimum absolute atomic E-state index is 0.00440. The number of nitrogens with one attached hydrogen (secondary N) is 1. The van der Waals surface area contributed by atoms with Crippen LogP contribution in [0.2, 0.25) is 0 Å². The molecular weight excluding hydrogens is 318 g/mol. The van der Waals surface area contributed by atoms with Crippen molar-refractivity contribution in [2.24, 2.45) is 0 Å². The van der Waals surface area contributed by atoms with Crippen molar-refractivity contribution in [1.29, 1.82) is 0 Å². The maximum absolute atomic E-state index is 12.2. The third kappa shape index (κ3) is 5.31. The second kappa shape index (κ2) is 9.38. The van der Waals surface area contributed by atoms with Crippen molar-refractivity contribution in [2.45, 2.75) is 31.6 Å². The van der Waals surface area contributed by atoms with Gasteiger partial charge in [0.1, 0.15) is 5.75 Å². The standard InChI is InChI=1S/C20H25NO2S/c1-15-10-11-18(16(2)14-15)23-13-7-6-12-21-20(22)17-8-4-5-9-19(17)24-3/h4-5,8-11,14H,6-7,12-13H2,1-3H3,(H,21,22). The second-order valence-electron chi connectivity index (χ2n) is 5.78. The highest BCUT2D eigenvalue weighted by Gasteiger charge is 2.09. The van der Waals surface area contributed by atoms with Crippen LogP contribution in [-0.2, 0) is 0 Å². The van der Waals surface area contributed by atoms with Crippen molar-refractivity contribution < 1.29 is 9.53 Å². The molecule has 0 spiro atoms. The molecule has 2 rings (SSSR count). The molecule has 0 unspecified atom stereocenters. The zero-order chi connectivity index (χ0) is 17.4. The minimum atomic E-state index is -0.00440. The molecule has 0 aromatic heterocycles. The molecule has 3 nitrogen and oxygen atoms in total. The molecule has 0 saturated heterocycles. The van der Waals surface area contributed by atoms with Gasteiger partial charge in [-0.3, -0.25) is 4.79 Å². The van der Waals surface area contributed by atoms with Gasteiger partial charge in [0.05, 0.1) is 12.2 Å². The first kappa shape index (κ1) is 18.4. The van der Waals surface area contributed by atoms with Gasteiger partial charge in [-0.05, 0) is 56.7 Å². The number of amides is 1. The Morgan fingerprint density at radius 1 is 1.12 bits per heavy atom. The molecule has 0 aliphatic rings. The van der Waals surface area contributed by atoms with Gasteiger partial charge in [-0.2, -0.15) is 0 Å². The largest absolute Gasteiger partial charge is 0.493 e. The molecule has 128 valence electrons. The smallest absolute Gasteiger partial charge is 0.252 e. The van der Waals surface area contributed by atoms with Gasteiger partial charge in [0.25, 0.3) is 5.91 Å². The Morgan fingerprint density at radius 3 is 2.67 bits per heavy atom. The van der Waals surface area contributed by atoms with Gasteiger partial charge in [-0.15, -0.1) is 11.8 Å². The van der Waals surface area contributed by atoms with E-state index in [-0.39, 0.29) is 5.91 Å². The highest BCUT2D eigenvalue weighted by Crippen LogP contribution is 2.20. The molecule has 0 fully saturated rings. The number of benzene rings is 2. The maximum Gasteiger partial charge on any atom is 0.252 e. The summed E-state index contributed by atoms with van der Waals surface area (Å²) in [4.78, 5) is 13.2. The average molecular weight is 343 g/mol. The third-order valence-corrected chi connectivity index (χ3v) is 4.59. The van der Waals surface area contributed by atoms with Crippen LogP contribution < -0.4 is 10.1 Å². The van der Waals surface area contributed by atoms with Crippen LogP contribution in [0.25, 0.3) is 0 Å². The number of aryl methyl sites for hydroxylation is 2. The number of carbonyl (C=O) groups is 1. The molecule has 0 bridgehead atoms. The maximum atomic E-state index is 12.2. The first-order valence-corrected chi connectivity index (χ1v) is 9.45. The van der Waals surface area contributed by atoms with Crippen LogP contribution in [0.1, 0.15) is 34.3 Å². The van der Waals surface area contributed by atoms with Crippen LogP contribution in [0.15, 0.2) is 47.4 Å². The molecule has 1 N–H and O–H groups in total. The lowest BCUT2D eigenvalue weighted by Gasteiger charge is -2.10. The fourth-order valence-electron chi connectivity index (χ4n) is 2.50. The fraction of sp³-hybridized carbons (Fsp3) is 0.350. The van der Waals surface area contributed by atoms with Gasteiger partial charge in [0, 0.05) is 11.4 Å². The molecule has 0 atom stereocenters. The van der Waals surface area contributed by atoms with E-state index >= 15 is 0 Å². The summed E-state index contributed by atoms with van der Waals surface area (Å²) >= 11 is 1.59. The van der Waals surface area contributed by atoms with E-state index in [1.807, 2.05) is 36.6 Å². The van der Waals surface area contributed by atoms with E-state index in [9.17, 15) is 4.79 Å². The van der Waals surface area contributed by atoms with Crippen molar-refractivity contribution in [1.82, 2.24) is 5.32 Å². The quantitative estimate of drug-likeness (QED) is 0.562. The van der Waals surface area contributed by atoms with Crippen LogP contribution in [0.4, 0.5) is 0 Å². The van der Waals surface area contributed by atoms with Crippen LogP contribution >= 0.6 is 11.8 Å². The van der Waals surface area contributed by atoms with E-state index in [4.69, 9.17) is 4.74 Å². The van der Waals surface area contributed by atoms with Gasteiger partial charge in [-0.1, -0.05) is 29.8 Å². The second-order valence-corrected chi connectivity index (χ2v) is 6.63. The molecule has 0 aliphatic carbocycles. The SMILES string of the molecule is CSc1ccccc1C(=O)NCCCCOc1ccc(C)cc1C. The first-order chi connectivity index (χ1) is 11.6. The van der Waals surface area contributed by atoms with E-state index in [1.165, 1.54) is 5.56 Å². The number of unbranched alkanes of at least 4 members (excludes halogenated alkanes) is 1. The molecule has 0 saturated carbocycles. The number of hydrogen-bond donors (Lipinski definition) is 1. The van der Waals surface area contributed by atoms with Crippen LogP contribution in [-0.4, -0.2) is 25.3 Å². The Hall–Kier alpha value is -1.94. The zero-order valence-corrected chi connectivity index (χ0v) is 15.4. The van der Waals surface area contributed by atoms with Crippen LogP contribution in [0.5, 0.6) is 5.75 Å². The summed E-state index contributed by atoms with van der Waals surface area (Å²) in [5.74, 6) is 0.939. The Bertz CT molecular complexity index is 685. The van der Waals surface area contributed by atoms with E-state index in [2.05, 4.69) is 31.3 Å². The Labute approximate surface area is 148 Å². The summed E-state index contributed by atoms with van der Waals surface area (Å²) in [7, 11) is 0. The third-order valence-electron chi connectivity index (χ3n) is 3.80. The Morgan fingerprint density at radius 2 is 1.92 bits per heavy atom. The average Bonchev–Trinajstić information content (AvgIpc) is 2.59. The summed E-state index contributed by atoms with van der Waals surface area (Å²) < 4.78 is 5.80. The predicted octanol–water partition coefficient (Wildman–Crippen LogP) is 4.61. The van der Waals surface area contributed by atoms with Crippen molar-refractivity contribution in [3.8, 4) is 5.75 Å². The van der Waals surface area contributed by atoms with E-state index in [0.717, 1.165) is 34.6 Å². The monoisotopic (exact) mass is 343 g/mol. The lowest BCUT2D eigenvalue weighted by Crippen LogP contribution is -2.25. The topological polar surface area (TPSA) is 38.3 Å². The highest BCUT2D eigenvalue weighted by molar-refractivity contribution is 7.98. The lowest BCUT2D eigenvalue weighted by molar-refractivity contribution is 0.0949. The molecule has 0 radical (unpaired) electrons. The molecular formula is C20H25NO2S. The van der Waals surface area contributed by atoms with Gasteiger partial charge in [0.2, 0.25) is 0 Å². The van der Waals surface area contributed by atoms with Crippen molar-refractivity contribution >= 4 is 17.7 Å². The van der Waals surface area contributed by atoms with E-state index in [1.54, 1.807) is 11.8 Å². The number of hydrogen-bond acceptors (Lipinski definition) is 3. The number of carbonyl (C=O) groups excluding carboxylic acids is 1. The van der Waals surface area contributed by atoms with Gasteiger partial charge in [-0.25, -0.2) is 0 Å². The molecule has 0 aliphatic heterocycles. The van der Waals surface area contributed by atoms with Crippen molar-refractivity contribution in [2.75, 3.05) is 19.4 Å². The normalized spacial score (nSPS) is 10.5. The van der Waals surface area contributed by atoms with Gasteiger partial charge < -0.3 is 10.1 Å². The summed E-state index contributed by atoms with van der Waals surface area (Å²) in [6.07, 6.45) is 3.80. The molecule has 4 heteroatoms. The van der Waals surface area contributed by atoms with Gasteiger partial charge in [0.15, 0.2) is 0 Å². The molecule has 1 amide bonds. The molecule has 0 heterocycles. The van der Waals surface area contributed by atoms with Gasteiger partial charge >= 0.3 is 0 Å². The fourth-order valence-corrected chi connectivity index (χ4v) is 3.10. The van der Waals surface area contributed by atoms with E-state index in [0.29, 0.717) is 13.2 Å². The van der Waals surface area contributed by atoms with E-state index < -0.39 is 0 Å². The summed E-state index contributed by atoms with van der Waals surface area (Å²) in [6.45, 7) is 5.47. The van der Waals surface area contributed by atoms with Crippen LogP contribution in [0.3, 0.4) is 0 Å². The number of rotatable bonds is 8. The minimum Gasteiger partial charge on any atom is -0.493 e. The first-order valence-electron chi connectivity index (χ1n) is 8.23. The molecule has 2 aromatic carbocycles. The highest BCUT2D eigenvalue weighted by atomic mass is 32.2. The molecule has 2 aromatic rings. The summed E-state index contributed by atoms with van der Waals surface area (Å²) in [6, 6.07) is 13.9. The zero-order valence-electron chi connectivity index (χ0n) is 14.6. The summed E-state index contributed by atoms with van der Waals surface area (Å²) in [5.41, 5.74) is 3.15. The Balaban J connectivity index is 1.68. The summed E-state index contributed by atoms with van der Waals surface area (Å²) in [5, 5.41) is 2.98. The van der Waals surface area contributed by atoms with Crippen molar-refractivity contribution in [3.63, 3.8) is 0 Å². The van der Waals surface area contributed by atoms with Crippen LogP contribution in [0, 0.1) is 13.8 Å². The number of ether oxygens (including phenoxy) is 1. The predicted molar refractivity (Wildman–Crippen MR) is 101 cm³/mol. The number of thioether (sulfide) groups is 1.